The van der Waals surface area contributed by atoms with Crippen molar-refractivity contribution in [2.75, 3.05) is 6.54 Å². The smallest absolute Gasteiger partial charge is 0.247 e. The third-order valence-electron chi connectivity index (χ3n) is 7.01. The molecule has 188 valence electrons. The van der Waals surface area contributed by atoms with Gasteiger partial charge in [0.2, 0.25) is 11.8 Å². The van der Waals surface area contributed by atoms with E-state index in [1.807, 2.05) is 91.9 Å². The summed E-state index contributed by atoms with van der Waals surface area (Å²) in [4.78, 5) is 30.3. The monoisotopic (exact) mass is 495 g/mol. The van der Waals surface area contributed by atoms with Crippen LogP contribution in [-0.4, -0.2) is 28.6 Å². The average molecular weight is 496 g/mol. The average Bonchev–Trinajstić information content (AvgIpc) is 3.69. The molecule has 7 nitrogen and oxygen atoms in total. The molecule has 1 saturated carbocycles. The summed E-state index contributed by atoms with van der Waals surface area (Å²) in [6.45, 7) is 2.74. The van der Waals surface area contributed by atoms with E-state index in [0.717, 1.165) is 27.7 Å². The number of hydrogen-bond donors (Lipinski definition) is 3. The third-order valence-corrected chi connectivity index (χ3v) is 7.01. The van der Waals surface area contributed by atoms with Crippen LogP contribution in [-0.2, 0) is 28.0 Å². The second-order valence-electron chi connectivity index (χ2n) is 9.45. The Morgan fingerprint density at radius 1 is 1.03 bits per heavy atom. The largest absolute Gasteiger partial charge is 0.489 e. The van der Waals surface area contributed by atoms with E-state index in [-0.39, 0.29) is 5.91 Å². The van der Waals surface area contributed by atoms with E-state index in [1.165, 1.54) is 0 Å². The summed E-state index contributed by atoms with van der Waals surface area (Å²) in [5.41, 5.74) is 5.31. The predicted molar refractivity (Wildman–Crippen MR) is 140 cm³/mol. The topological polar surface area (TPSA) is 101 Å². The van der Waals surface area contributed by atoms with Gasteiger partial charge in [-0.15, -0.1) is 0 Å². The molecule has 1 fully saturated rings. The molecular weight excluding hydrogens is 466 g/mol. The Bertz CT molecular complexity index is 1440. The summed E-state index contributed by atoms with van der Waals surface area (Å²) in [7, 11) is 0. The number of amides is 2. The third kappa shape index (κ3) is 5.04. The lowest BCUT2D eigenvalue weighted by molar-refractivity contribution is -0.133. The van der Waals surface area contributed by atoms with Gasteiger partial charge in [-0.25, -0.2) is 5.48 Å². The first kappa shape index (κ1) is 24.5. The molecule has 0 saturated heterocycles. The zero-order valence-electron chi connectivity index (χ0n) is 20.6. The number of benzene rings is 3. The Morgan fingerprint density at radius 2 is 1.81 bits per heavy atom. The molecule has 3 aromatic carbocycles. The molecule has 5 rings (SSSR count). The van der Waals surface area contributed by atoms with Gasteiger partial charge >= 0.3 is 0 Å². The number of para-hydroxylation sites is 1. The highest BCUT2D eigenvalue weighted by Crippen LogP contribution is 2.55. The normalized spacial score (nSPS) is 18.3. The van der Waals surface area contributed by atoms with E-state index in [1.54, 1.807) is 5.48 Å². The lowest BCUT2D eigenvalue weighted by atomic mass is 9.91. The molecule has 2 amide bonds. The fourth-order valence-electron chi connectivity index (χ4n) is 5.02. The van der Waals surface area contributed by atoms with Crippen molar-refractivity contribution in [2.24, 2.45) is 5.92 Å². The summed E-state index contributed by atoms with van der Waals surface area (Å²) < 4.78 is 6.15. The van der Waals surface area contributed by atoms with Crippen LogP contribution in [0.1, 0.15) is 28.8 Å². The minimum atomic E-state index is -1.05. The van der Waals surface area contributed by atoms with Crippen LogP contribution in [0.25, 0.3) is 10.9 Å². The molecule has 0 spiro atoms. The number of hydroxylamine groups is 1. The lowest BCUT2D eigenvalue weighted by Crippen LogP contribution is -2.39. The molecule has 1 aromatic heterocycles. The molecule has 0 aliphatic heterocycles. The van der Waals surface area contributed by atoms with Crippen molar-refractivity contribution >= 4 is 22.7 Å². The number of carbonyl (C=O) groups is 2. The maximum absolute atomic E-state index is 13.4. The van der Waals surface area contributed by atoms with Crippen molar-refractivity contribution in [1.29, 1.82) is 0 Å². The van der Waals surface area contributed by atoms with Crippen LogP contribution < -0.4 is 15.5 Å². The van der Waals surface area contributed by atoms with Gasteiger partial charge in [0.15, 0.2) is 0 Å². The standard InChI is InChI=1S/C30H29N3O4/c1-20-16-22(25-12-5-6-13-27(25)32-20)19-37-24-11-7-10-23(17-24)30(18-26(30)28(34)33-36)29(35)31-15-14-21-8-3-2-4-9-21/h2-13,16-17,26,36H,14-15,18-19H2,1H3,(H,31,35)(H,33,34)/t26-,30-/m0/s1. The Kier molecular flexibility index (Phi) is 6.88. The van der Waals surface area contributed by atoms with Crippen LogP contribution in [0.4, 0.5) is 0 Å². The van der Waals surface area contributed by atoms with Gasteiger partial charge in [0.25, 0.3) is 0 Å². The molecule has 7 heteroatoms. The molecule has 0 unspecified atom stereocenters. The Balaban J connectivity index is 1.34. The summed E-state index contributed by atoms with van der Waals surface area (Å²) in [6.07, 6.45) is 0.996. The summed E-state index contributed by atoms with van der Waals surface area (Å²) in [6, 6.07) is 27.2. The first-order chi connectivity index (χ1) is 18.0. The van der Waals surface area contributed by atoms with Crippen molar-refractivity contribution in [3.8, 4) is 5.75 Å². The molecule has 37 heavy (non-hydrogen) atoms. The van der Waals surface area contributed by atoms with Gasteiger partial charge < -0.3 is 10.1 Å². The molecular formula is C30H29N3O4. The number of nitrogens with one attached hydrogen (secondary N) is 2. The van der Waals surface area contributed by atoms with Gasteiger partial charge in [0, 0.05) is 23.2 Å². The minimum absolute atomic E-state index is 0.232. The fraction of sp³-hybridized carbons (Fsp3) is 0.233. The zero-order valence-corrected chi connectivity index (χ0v) is 20.6. The molecule has 1 heterocycles. The van der Waals surface area contributed by atoms with E-state index in [9.17, 15) is 14.8 Å². The van der Waals surface area contributed by atoms with Gasteiger partial charge in [-0.2, -0.15) is 0 Å². The van der Waals surface area contributed by atoms with Crippen molar-refractivity contribution < 1.29 is 19.5 Å². The lowest BCUT2D eigenvalue weighted by Gasteiger charge is -2.19. The first-order valence-electron chi connectivity index (χ1n) is 12.4. The number of aryl methyl sites for hydroxylation is 1. The van der Waals surface area contributed by atoms with Gasteiger partial charge in [0.1, 0.15) is 12.4 Å². The van der Waals surface area contributed by atoms with Gasteiger partial charge in [-0.3, -0.25) is 19.8 Å². The number of nitrogens with zero attached hydrogens (tertiary/aromatic N) is 1. The maximum atomic E-state index is 13.4. The van der Waals surface area contributed by atoms with E-state index >= 15 is 0 Å². The number of carbonyl (C=O) groups excluding carboxylic acids is 2. The molecule has 0 bridgehead atoms. The molecule has 1 aliphatic rings. The van der Waals surface area contributed by atoms with Crippen LogP contribution in [0.15, 0.2) is 84.9 Å². The minimum Gasteiger partial charge on any atom is -0.489 e. The number of pyridine rings is 1. The van der Waals surface area contributed by atoms with E-state index < -0.39 is 17.2 Å². The summed E-state index contributed by atoms with van der Waals surface area (Å²) in [5.74, 6) is -0.855. The molecule has 2 atom stereocenters. The van der Waals surface area contributed by atoms with Crippen molar-refractivity contribution in [3.05, 3.63) is 107 Å². The number of ether oxygens (including phenoxy) is 1. The second kappa shape index (κ2) is 10.4. The van der Waals surface area contributed by atoms with E-state index in [0.29, 0.717) is 37.3 Å². The van der Waals surface area contributed by atoms with E-state index in [4.69, 9.17) is 4.74 Å². The van der Waals surface area contributed by atoms with Gasteiger partial charge in [-0.05, 0) is 55.2 Å². The van der Waals surface area contributed by atoms with Crippen LogP contribution >= 0.6 is 0 Å². The Hall–Kier alpha value is -4.23. The summed E-state index contributed by atoms with van der Waals surface area (Å²) >= 11 is 0. The highest BCUT2D eigenvalue weighted by Gasteiger charge is 2.64. The number of fused-ring (bicyclic) bond motifs is 1. The van der Waals surface area contributed by atoms with Crippen molar-refractivity contribution in [1.82, 2.24) is 15.8 Å². The van der Waals surface area contributed by atoms with Gasteiger partial charge in [0.05, 0.1) is 16.8 Å². The SMILES string of the molecule is Cc1cc(COc2cccc([C@@]3(C(=O)NCCc4ccccc4)C[C@H]3C(=O)NO)c2)c2ccccc2n1. The highest BCUT2D eigenvalue weighted by atomic mass is 16.5. The number of hydrogen-bond acceptors (Lipinski definition) is 5. The Labute approximate surface area is 215 Å². The number of rotatable bonds is 9. The molecule has 4 aromatic rings. The van der Waals surface area contributed by atoms with Crippen molar-refractivity contribution in [2.45, 2.75) is 31.8 Å². The zero-order chi connectivity index (χ0) is 25.8. The van der Waals surface area contributed by atoms with Crippen LogP contribution in [0.3, 0.4) is 0 Å². The summed E-state index contributed by atoms with van der Waals surface area (Å²) in [5, 5.41) is 13.3. The predicted octanol–water partition coefficient (Wildman–Crippen LogP) is 4.24. The number of aromatic nitrogens is 1. The highest BCUT2D eigenvalue weighted by molar-refractivity contribution is 6.00. The van der Waals surface area contributed by atoms with Crippen LogP contribution in [0.2, 0.25) is 0 Å². The molecule has 1 aliphatic carbocycles. The quantitative estimate of drug-likeness (QED) is 0.238. The Morgan fingerprint density at radius 3 is 2.62 bits per heavy atom. The van der Waals surface area contributed by atoms with E-state index in [2.05, 4.69) is 10.3 Å². The fourth-order valence-corrected chi connectivity index (χ4v) is 5.02. The van der Waals surface area contributed by atoms with Crippen LogP contribution in [0, 0.1) is 12.8 Å². The van der Waals surface area contributed by atoms with Crippen LogP contribution in [0.5, 0.6) is 5.75 Å². The van der Waals surface area contributed by atoms with Gasteiger partial charge in [-0.1, -0.05) is 60.7 Å². The first-order valence-corrected chi connectivity index (χ1v) is 12.4. The van der Waals surface area contributed by atoms with Crippen molar-refractivity contribution in [3.63, 3.8) is 0 Å². The maximum Gasteiger partial charge on any atom is 0.247 e. The second-order valence-corrected chi connectivity index (χ2v) is 9.45. The molecule has 3 N–H and O–H groups in total. The molecule has 0 radical (unpaired) electrons.